The summed E-state index contributed by atoms with van der Waals surface area (Å²) in [5.74, 6) is 0. The lowest BCUT2D eigenvalue weighted by Crippen LogP contribution is -2.35. The molecule has 0 atom stereocenters. The van der Waals surface area contributed by atoms with Gasteiger partial charge >= 0.3 is 0 Å². The normalized spacial score (nSPS) is 11.8. The van der Waals surface area contributed by atoms with E-state index in [9.17, 15) is 0 Å². The van der Waals surface area contributed by atoms with Crippen LogP contribution in [-0.4, -0.2) is 15.3 Å². The zero-order valence-electron chi connectivity index (χ0n) is 12.9. The summed E-state index contributed by atoms with van der Waals surface area (Å²) in [6, 6.07) is 10.4. The van der Waals surface area contributed by atoms with Gasteiger partial charge in [-0.15, -0.1) is 0 Å². The van der Waals surface area contributed by atoms with Crippen LogP contribution in [0.1, 0.15) is 32.0 Å². The van der Waals surface area contributed by atoms with Crippen molar-refractivity contribution < 1.29 is 0 Å². The van der Waals surface area contributed by atoms with Gasteiger partial charge in [-0.3, -0.25) is 4.68 Å². The Kier molecular flexibility index (Phi) is 4.55. The van der Waals surface area contributed by atoms with E-state index in [-0.39, 0.29) is 5.54 Å². The molecule has 108 valence electrons. The van der Waals surface area contributed by atoms with Gasteiger partial charge in [0.05, 0.1) is 5.69 Å². The van der Waals surface area contributed by atoms with Crippen LogP contribution in [0.5, 0.6) is 0 Å². The molecule has 0 spiro atoms. The number of aromatic nitrogens is 2. The first kappa shape index (κ1) is 15.1. The molecular weight excluding hydrogens is 266 g/mol. The van der Waals surface area contributed by atoms with Gasteiger partial charge in [-0.1, -0.05) is 30.0 Å². The molecular formula is C16H23N3S. The van der Waals surface area contributed by atoms with E-state index in [0.29, 0.717) is 0 Å². The predicted molar refractivity (Wildman–Crippen MR) is 85.1 cm³/mol. The number of nitrogens with zero attached hydrogens (tertiary/aromatic N) is 2. The summed E-state index contributed by atoms with van der Waals surface area (Å²) in [7, 11) is 2.01. The first-order chi connectivity index (χ1) is 9.37. The van der Waals surface area contributed by atoms with Crippen LogP contribution in [0, 0.1) is 6.92 Å². The fourth-order valence-corrected chi connectivity index (χ4v) is 3.00. The first-order valence-corrected chi connectivity index (χ1v) is 7.69. The van der Waals surface area contributed by atoms with Gasteiger partial charge in [-0.05, 0) is 39.8 Å². The Morgan fingerprint density at radius 2 is 1.85 bits per heavy atom. The molecule has 0 bridgehead atoms. The molecule has 3 nitrogen and oxygen atoms in total. The third kappa shape index (κ3) is 3.87. The number of nitrogens with one attached hydrogen (secondary N) is 1. The molecule has 0 amide bonds. The van der Waals surface area contributed by atoms with E-state index in [2.05, 4.69) is 62.4 Å². The van der Waals surface area contributed by atoms with Crippen LogP contribution in [-0.2, 0) is 13.6 Å². The van der Waals surface area contributed by atoms with E-state index in [1.54, 1.807) is 11.8 Å². The van der Waals surface area contributed by atoms with E-state index in [4.69, 9.17) is 0 Å². The van der Waals surface area contributed by atoms with Gasteiger partial charge in [0.1, 0.15) is 5.03 Å². The number of hydrogen-bond donors (Lipinski definition) is 1. The molecule has 4 heteroatoms. The Labute approximate surface area is 125 Å². The largest absolute Gasteiger partial charge is 0.308 e. The van der Waals surface area contributed by atoms with E-state index in [1.807, 2.05) is 17.8 Å². The highest BCUT2D eigenvalue weighted by atomic mass is 32.2. The lowest BCUT2D eigenvalue weighted by atomic mass is 10.1. The monoisotopic (exact) mass is 289 g/mol. The Bertz CT molecular complexity index is 567. The summed E-state index contributed by atoms with van der Waals surface area (Å²) in [5.41, 5.74) is 2.50. The van der Waals surface area contributed by atoms with E-state index in [0.717, 1.165) is 12.2 Å². The zero-order chi connectivity index (χ0) is 14.8. The third-order valence-electron chi connectivity index (χ3n) is 3.04. The molecule has 0 radical (unpaired) electrons. The molecule has 1 aromatic heterocycles. The van der Waals surface area contributed by atoms with Crippen molar-refractivity contribution in [1.29, 1.82) is 0 Å². The molecule has 0 aliphatic rings. The van der Waals surface area contributed by atoms with E-state index in [1.165, 1.54) is 15.5 Å². The van der Waals surface area contributed by atoms with Crippen LogP contribution in [0.15, 0.2) is 40.3 Å². The Morgan fingerprint density at radius 1 is 1.20 bits per heavy atom. The minimum Gasteiger partial charge on any atom is -0.308 e. The summed E-state index contributed by atoms with van der Waals surface area (Å²) in [6.07, 6.45) is 0. The summed E-state index contributed by atoms with van der Waals surface area (Å²) < 4.78 is 1.98. The van der Waals surface area contributed by atoms with Crippen LogP contribution in [0.3, 0.4) is 0 Å². The van der Waals surface area contributed by atoms with Crippen molar-refractivity contribution in [1.82, 2.24) is 15.1 Å². The van der Waals surface area contributed by atoms with E-state index >= 15 is 0 Å². The van der Waals surface area contributed by atoms with Gasteiger partial charge in [0.15, 0.2) is 0 Å². The Balaban J connectivity index is 2.24. The summed E-state index contributed by atoms with van der Waals surface area (Å²) in [6.45, 7) is 9.47. The van der Waals surface area contributed by atoms with Crippen molar-refractivity contribution in [2.75, 3.05) is 0 Å². The average molecular weight is 289 g/mol. The Hall–Kier alpha value is -1.26. The minimum absolute atomic E-state index is 0.108. The molecule has 1 heterocycles. The smallest absolute Gasteiger partial charge is 0.103 e. The Morgan fingerprint density at radius 3 is 2.45 bits per heavy atom. The number of hydrogen-bond acceptors (Lipinski definition) is 3. The maximum absolute atomic E-state index is 4.56. The quantitative estimate of drug-likeness (QED) is 0.929. The van der Waals surface area contributed by atoms with Crippen molar-refractivity contribution in [3.8, 4) is 0 Å². The second-order valence-electron chi connectivity index (χ2n) is 6.01. The van der Waals surface area contributed by atoms with Crippen LogP contribution in [0.4, 0.5) is 0 Å². The second kappa shape index (κ2) is 6.02. The molecule has 0 saturated heterocycles. The molecule has 1 aromatic carbocycles. The highest BCUT2D eigenvalue weighted by molar-refractivity contribution is 7.99. The average Bonchev–Trinajstić information content (AvgIpc) is 2.62. The van der Waals surface area contributed by atoms with Crippen molar-refractivity contribution in [3.05, 3.63) is 41.6 Å². The summed E-state index contributed by atoms with van der Waals surface area (Å²) >= 11 is 1.77. The summed E-state index contributed by atoms with van der Waals surface area (Å²) in [4.78, 5) is 1.24. The molecule has 0 saturated carbocycles. The van der Waals surface area contributed by atoms with Crippen molar-refractivity contribution in [3.63, 3.8) is 0 Å². The maximum Gasteiger partial charge on any atom is 0.103 e. The third-order valence-corrected chi connectivity index (χ3v) is 4.25. The molecule has 20 heavy (non-hydrogen) atoms. The number of aryl methyl sites for hydroxylation is 2. The molecule has 0 unspecified atom stereocenters. The predicted octanol–water partition coefficient (Wildman–Crippen LogP) is 3.77. The molecule has 2 aromatic rings. The van der Waals surface area contributed by atoms with Crippen LogP contribution >= 0.6 is 11.8 Å². The van der Waals surface area contributed by atoms with Crippen LogP contribution < -0.4 is 5.32 Å². The lowest BCUT2D eigenvalue weighted by Gasteiger charge is -2.20. The molecule has 0 aliphatic carbocycles. The highest BCUT2D eigenvalue weighted by Gasteiger charge is 2.17. The second-order valence-corrected chi connectivity index (χ2v) is 7.07. The van der Waals surface area contributed by atoms with Crippen LogP contribution in [0.2, 0.25) is 0 Å². The standard InChI is InChI=1S/C16H23N3S/c1-12-14(11-17-16(2,3)4)15(19(5)18-12)20-13-9-7-6-8-10-13/h6-10,17H,11H2,1-5H3. The fraction of sp³-hybridized carbons (Fsp3) is 0.438. The van der Waals surface area contributed by atoms with E-state index < -0.39 is 0 Å². The number of benzene rings is 1. The lowest BCUT2D eigenvalue weighted by molar-refractivity contribution is 0.421. The highest BCUT2D eigenvalue weighted by Crippen LogP contribution is 2.31. The van der Waals surface area contributed by atoms with Crippen molar-refractivity contribution in [2.45, 2.75) is 49.7 Å². The molecule has 1 N–H and O–H groups in total. The maximum atomic E-state index is 4.56. The van der Waals surface area contributed by atoms with Gasteiger partial charge in [-0.25, -0.2) is 0 Å². The number of rotatable bonds is 4. The fourth-order valence-electron chi connectivity index (χ4n) is 1.97. The topological polar surface area (TPSA) is 29.9 Å². The van der Waals surface area contributed by atoms with Gasteiger partial charge < -0.3 is 5.32 Å². The molecule has 0 aliphatic heterocycles. The van der Waals surface area contributed by atoms with Crippen molar-refractivity contribution in [2.24, 2.45) is 7.05 Å². The van der Waals surface area contributed by atoms with Crippen LogP contribution in [0.25, 0.3) is 0 Å². The van der Waals surface area contributed by atoms with Crippen molar-refractivity contribution >= 4 is 11.8 Å². The van der Waals surface area contributed by atoms with Gasteiger partial charge in [0, 0.05) is 29.6 Å². The van der Waals surface area contributed by atoms with Gasteiger partial charge in [-0.2, -0.15) is 5.10 Å². The molecule has 0 fully saturated rings. The zero-order valence-corrected chi connectivity index (χ0v) is 13.7. The minimum atomic E-state index is 0.108. The molecule has 2 rings (SSSR count). The van der Waals surface area contributed by atoms with Gasteiger partial charge in [0.25, 0.3) is 0 Å². The SMILES string of the molecule is Cc1nn(C)c(Sc2ccccc2)c1CNC(C)(C)C. The summed E-state index contributed by atoms with van der Waals surface area (Å²) in [5, 5.41) is 9.33. The first-order valence-electron chi connectivity index (χ1n) is 6.87. The van der Waals surface area contributed by atoms with Gasteiger partial charge in [0.2, 0.25) is 0 Å².